The molecule has 0 fully saturated rings. The molecule has 0 atom stereocenters. The van der Waals surface area contributed by atoms with Crippen molar-refractivity contribution in [1.29, 1.82) is 0 Å². The van der Waals surface area contributed by atoms with Crippen molar-refractivity contribution >= 4 is 12.2 Å². The molecule has 0 saturated heterocycles. The van der Waals surface area contributed by atoms with Crippen LogP contribution in [0.25, 0.3) is 0 Å². The molecular weight excluding hydrogens is 210 g/mol. The number of nitrogens with one attached hydrogen (secondary N) is 1. The minimum absolute atomic E-state index is 0.666. The molecule has 0 unspecified atom stereocenters. The van der Waals surface area contributed by atoms with Crippen LogP contribution in [-0.4, -0.2) is 24.8 Å². The summed E-state index contributed by atoms with van der Waals surface area (Å²) in [4.78, 5) is 2.96. The van der Waals surface area contributed by atoms with Gasteiger partial charge in [0.2, 0.25) is 0 Å². The normalized spacial score (nSPS) is 10.3. The Kier molecular flexibility index (Phi) is 5.36. The molecule has 15 heavy (non-hydrogen) atoms. The predicted molar refractivity (Wildman–Crippen MR) is 63.0 cm³/mol. The lowest BCUT2D eigenvalue weighted by Gasteiger charge is -2.08. The summed E-state index contributed by atoms with van der Waals surface area (Å²) in [5.41, 5.74) is 0.990. The second-order valence-corrected chi connectivity index (χ2v) is 3.60. The first-order chi connectivity index (χ1) is 7.25. The van der Waals surface area contributed by atoms with Gasteiger partial charge in [-0.3, -0.25) is 0 Å². The standard InChI is InChI=1S/C11H17NO2S/c1-3-13-7-4-8-14-10-5-6-12-11(15)9(10)2/h5-6H,3-4,7-8H2,1-2H3,(H,12,15). The molecule has 0 saturated carbocycles. The summed E-state index contributed by atoms with van der Waals surface area (Å²) in [6, 6.07) is 1.89. The summed E-state index contributed by atoms with van der Waals surface area (Å²) in [5.74, 6) is 0.857. The molecular formula is C11H17NO2S. The zero-order valence-electron chi connectivity index (χ0n) is 9.21. The number of ether oxygens (including phenoxy) is 2. The van der Waals surface area contributed by atoms with Crippen LogP contribution in [0.5, 0.6) is 5.75 Å². The van der Waals surface area contributed by atoms with Crippen LogP contribution in [0.1, 0.15) is 18.9 Å². The maximum atomic E-state index is 5.60. The van der Waals surface area contributed by atoms with Crippen molar-refractivity contribution in [2.45, 2.75) is 20.3 Å². The highest BCUT2D eigenvalue weighted by molar-refractivity contribution is 7.71. The van der Waals surface area contributed by atoms with Crippen LogP contribution in [-0.2, 0) is 4.74 Å². The number of hydrogen-bond acceptors (Lipinski definition) is 3. The number of aromatic nitrogens is 1. The van der Waals surface area contributed by atoms with Crippen molar-refractivity contribution in [1.82, 2.24) is 4.98 Å². The molecule has 0 aliphatic heterocycles. The zero-order chi connectivity index (χ0) is 11.1. The Morgan fingerprint density at radius 1 is 1.40 bits per heavy atom. The summed E-state index contributed by atoms with van der Waals surface area (Å²) in [6.07, 6.45) is 2.70. The summed E-state index contributed by atoms with van der Waals surface area (Å²) < 4.78 is 11.5. The fourth-order valence-corrected chi connectivity index (χ4v) is 1.35. The van der Waals surface area contributed by atoms with E-state index in [-0.39, 0.29) is 0 Å². The van der Waals surface area contributed by atoms with Gasteiger partial charge in [-0.25, -0.2) is 0 Å². The van der Waals surface area contributed by atoms with Crippen molar-refractivity contribution < 1.29 is 9.47 Å². The molecule has 84 valence electrons. The molecule has 0 radical (unpaired) electrons. The van der Waals surface area contributed by atoms with Crippen LogP contribution < -0.4 is 4.74 Å². The SMILES string of the molecule is CCOCCCOc1cc[nH]c(=S)c1C. The molecule has 3 nitrogen and oxygen atoms in total. The lowest BCUT2D eigenvalue weighted by Crippen LogP contribution is -2.04. The van der Waals surface area contributed by atoms with E-state index in [1.54, 1.807) is 6.20 Å². The minimum atomic E-state index is 0.666. The molecule has 0 aromatic carbocycles. The van der Waals surface area contributed by atoms with Gasteiger partial charge in [-0.2, -0.15) is 0 Å². The highest BCUT2D eigenvalue weighted by Crippen LogP contribution is 2.16. The van der Waals surface area contributed by atoms with Gasteiger partial charge in [0.25, 0.3) is 0 Å². The zero-order valence-corrected chi connectivity index (χ0v) is 10.0. The maximum Gasteiger partial charge on any atom is 0.126 e. The van der Waals surface area contributed by atoms with Gasteiger partial charge in [-0.05, 0) is 19.9 Å². The molecule has 1 aromatic heterocycles. The van der Waals surface area contributed by atoms with Crippen LogP contribution in [0, 0.1) is 11.6 Å². The van der Waals surface area contributed by atoms with Crippen LogP contribution in [0.3, 0.4) is 0 Å². The van der Waals surface area contributed by atoms with Crippen LogP contribution >= 0.6 is 12.2 Å². The van der Waals surface area contributed by atoms with Gasteiger partial charge in [0, 0.05) is 31.4 Å². The van der Waals surface area contributed by atoms with Gasteiger partial charge in [0.15, 0.2) is 0 Å². The Labute approximate surface area is 95.4 Å². The Hall–Kier alpha value is -0.870. The van der Waals surface area contributed by atoms with Crippen molar-refractivity contribution in [3.63, 3.8) is 0 Å². The molecule has 0 spiro atoms. The molecule has 0 amide bonds. The molecule has 1 heterocycles. The van der Waals surface area contributed by atoms with E-state index in [1.807, 2.05) is 19.9 Å². The molecule has 0 bridgehead atoms. The summed E-state index contributed by atoms with van der Waals surface area (Å²) >= 11 is 5.10. The van der Waals surface area contributed by atoms with Crippen molar-refractivity contribution in [3.05, 3.63) is 22.5 Å². The second kappa shape index (κ2) is 6.58. The fraction of sp³-hybridized carbons (Fsp3) is 0.545. The summed E-state index contributed by atoms with van der Waals surface area (Å²) in [7, 11) is 0. The van der Waals surface area contributed by atoms with Crippen LogP contribution in [0.15, 0.2) is 12.3 Å². The van der Waals surface area contributed by atoms with Gasteiger partial charge in [0.1, 0.15) is 10.4 Å². The quantitative estimate of drug-likeness (QED) is 0.599. The average Bonchev–Trinajstić information content (AvgIpc) is 2.24. The first-order valence-corrected chi connectivity index (χ1v) is 5.55. The maximum absolute atomic E-state index is 5.60. The topological polar surface area (TPSA) is 34.2 Å². The minimum Gasteiger partial charge on any atom is -0.493 e. The molecule has 0 aliphatic carbocycles. The van der Waals surface area contributed by atoms with Gasteiger partial charge in [0.05, 0.1) is 6.61 Å². The summed E-state index contributed by atoms with van der Waals surface area (Å²) in [5, 5.41) is 0. The van der Waals surface area contributed by atoms with Crippen LogP contribution in [0.4, 0.5) is 0 Å². The molecule has 1 rings (SSSR count). The Balaban J connectivity index is 2.38. The second-order valence-electron chi connectivity index (χ2n) is 3.19. The first kappa shape index (κ1) is 12.2. The van der Waals surface area contributed by atoms with Crippen molar-refractivity contribution in [2.24, 2.45) is 0 Å². The van der Waals surface area contributed by atoms with Crippen molar-refractivity contribution in [2.75, 3.05) is 19.8 Å². The molecule has 1 aromatic rings. The smallest absolute Gasteiger partial charge is 0.126 e. The van der Waals surface area contributed by atoms with E-state index in [0.29, 0.717) is 6.61 Å². The number of hydrogen-bond donors (Lipinski definition) is 1. The van der Waals surface area contributed by atoms with Crippen molar-refractivity contribution in [3.8, 4) is 5.75 Å². The fourth-order valence-electron chi connectivity index (χ4n) is 1.18. The van der Waals surface area contributed by atoms with E-state index < -0.39 is 0 Å². The summed E-state index contributed by atoms with van der Waals surface area (Å²) in [6.45, 7) is 6.11. The Morgan fingerprint density at radius 3 is 2.93 bits per heavy atom. The lowest BCUT2D eigenvalue weighted by atomic mass is 10.3. The third kappa shape index (κ3) is 4.01. The van der Waals surface area contributed by atoms with Gasteiger partial charge in [-0.1, -0.05) is 12.2 Å². The van der Waals surface area contributed by atoms with E-state index in [1.165, 1.54) is 0 Å². The third-order valence-corrected chi connectivity index (χ3v) is 2.48. The highest BCUT2D eigenvalue weighted by atomic mass is 32.1. The molecule has 1 N–H and O–H groups in total. The first-order valence-electron chi connectivity index (χ1n) is 5.14. The predicted octanol–water partition coefficient (Wildman–Crippen LogP) is 2.86. The van der Waals surface area contributed by atoms with E-state index in [9.17, 15) is 0 Å². The third-order valence-electron chi connectivity index (χ3n) is 2.05. The highest BCUT2D eigenvalue weighted by Gasteiger charge is 1.99. The lowest BCUT2D eigenvalue weighted by molar-refractivity contribution is 0.130. The van der Waals surface area contributed by atoms with Gasteiger partial charge in [-0.15, -0.1) is 0 Å². The molecule has 4 heteroatoms. The van der Waals surface area contributed by atoms with E-state index in [2.05, 4.69) is 4.98 Å². The number of aromatic amines is 1. The Bertz CT molecular complexity index is 349. The Morgan fingerprint density at radius 2 is 2.20 bits per heavy atom. The number of rotatable bonds is 6. The number of H-pyrrole nitrogens is 1. The largest absolute Gasteiger partial charge is 0.493 e. The number of pyridine rings is 1. The van der Waals surface area contributed by atoms with E-state index in [0.717, 1.165) is 35.6 Å². The molecule has 0 aliphatic rings. The monoisotopic (exact) mass is 227 g/mol. The average molecular weight is 227 g/mol. The van der Waals surface area contributed by atoms with Gasteiger partial charge >= 0.3 is 0 Å². The van der Waals surface area contributed by atoms with E-state index in [4.69, 9.17) is 21.7 Å². The van der Waals surface area contributed by atoms with Crippen LogP contribution in [0.2, 0.25) is 0 Å². The van der Waals surface area contributed by atoms with Gasteiger partial charge < -0.3 is 14.5 Å². The van der Waals surface area contributed by atoms with E-state index >= 15 is 0 Å².